The molecule has 0 unspecified atom stereocenters. The first-order valence-corrected chi connectivity index (χ1v) is 6.20. The van der Waals surface area contributed by atoms with Crippen LogP contribution in [0.2, 0.25) is 6.04 Å². The van der Waals surface area contributed by atoms with Gasteiger partial charge in [0.05, 0.1) is 3.57 Å². The SMILES string of the molecule is Oc1ccc(CC[SiH3])cc1I. The molecule has 0 aromatic heterocycles. The molecule has 0 atom stereocenters. The highest BCUT2D eigenvalue weighted by Gasteiger charge is 1.97. The van der Waals surface area contributed by atoms with Gasteiger partial charge in [-0.05, 0) is 46.7 Å². The zero-order valence-corrected chi connectivity index (χ0v) is 10.6. The zero-order valence-electron chi connectivity index (χ0n) is 6.47. The molecule has 60 valence electrons. The van der Waals surface area contributed by atoms with Gasteiger partial charge in [-0.3, -0.25) is 0 Å². The van der Waals surface area contributed by atoms with Gasteiger partial charge in [0.15, 0.2) is 0 Å². The van der Waals surface area contributed by atoms with E-state index in [4.69, 9.17) is 0 Å². The van der Waals surface area contributed by atoms with Crippen molar-refractivity contribution < 1.29 is 5.11 Å². The average Bonchev–Trinajstić information content (AvgIpc) is 1.98. The van der Waals surface area contributed by atoms with E-state index in [1.165, 1.54) is 21.9 Å². The van der Waals surface area contributed by atoms with Crippen LogP contribution in [0.3, 0.4) is 0 Å². The maximum absolute atomic E-state index is 9.21. The summed E-state index contributed by atoms with van der Waals surface area (Å²) in [4.78, 5) is 0. The first-order chi connectivity index (χ1) is 5.24. The minimum atomic E-state index is 0.391. The van der Waals surface area contributed by atoms with Gasteiger partial charge in [-0.25, -0.2) is 0 Å². The lowest BCUT2D eigenvalue weighted by Crippen LogP contribution is -1.84. The zero-order chi connectivity index (χ0) is 8.27. The fourth-order valence-corrected chi connectivity index (χ4v) is 2.15. The highest BCUT2D eigenvalue weighted by Crippen LogP contribution is 2.20. The van der Waals surface area contributed by atoms with Crippen LogP contribution in [0.1, 0.15) is 5.56 Å². The van der Waals surface area contributed by atoms with Crippen LogP contribution in [0.15, 0.2) is 18.2 Å². The standard InChI is InChI=1S/C8H11IOSi/c9-7-5-6(3-4-11)1-2-8(7)10/h1-2,5,10H,3-4H2,11H3. The largest absolute Gasteiger partial charge is 0.507 e. The minimum Gasteiger partial charge on any atom is -0.507 e. The summed E-state index contributed by atoms with van der Waals surface area (Å²) in [6, 6.07) is 7.11. The summed E-state index contributed by atoms with van der Waals surface area (Å²) in [6.07, 6.45) is 1.16. The normalized spacial score (nSPS) is 10.3. The monoisotopic (exact) mass is 278 g/mol. The smallest absolute Gasteiger partial charge is 0.128 e. The maximum atomic E-state index is 9.21. The van der Waals surface area contributed by atoms with Gasteiger partial charge in [-0.2, -0.15) is 0 Å². The van der Waals surface area contributed by atoms with Crippen molar-refractivity contribution >= 4 is 32.8 Å². The molecule has 0 saturated carbocycles. The number of aryl methyl sites for hydroxylation is 1. The van der Waals surface area contributed by atoms with Gasteiger partial charge < -0.3 is 5.11 Å². The fourth-order valence-electron chi connectivity index (χ4n) is 0.995. The number of halogens is 1. The molecule has 1 aromatic rings. The van der Waals surface area contributed by atoms with Crippen molar-refractivity contribution in [1.82, 2.24) is 0 Å². The third-order valence-electron chi connectivity index (χ3n) is 1.55. The Morgan fingerprint density at radius 2 is 2.18 bits per heavy atom. The molecule has 1 aromatic carbocycles. The molecule has 0 aliphatic rings. The molecule has 0 radical (unpaired) electrons. The molecule has 1 N–H and O–H groups in total. The van der Waals surface area contributed by atoms with Crippen LogP contribution < -0.4 is 0 Å². The van der Waals surface area contributed by atoms with E-state index in [0.29, 0.717) is 5.75 Å². The fraction of sp³-hybridized carbons (Fsp3) is 0.250. The third kappa shape index (κ3) is 2.48. The van der Waals surface area contributed by atoms with Gasteiger partial charge in [0, 0.05) is 10.2 Å². The molecule has 0 heterocycles. The number of phenolic OH excluding ortho intramolecular Hbond substituents is 1. The Kier molecular flexibility index (Phi) is 3.38. The molecular formula is C8H11IOSi. The second kappa shape index (κ2) is 4.11. The van der Waals surface area contributed by atoms with E-state index >= 15 is 0 Å². The van der Waals surface area contributed by atoms with Gasteiger partial charge in [0.2, 0.25) is 0 Å². The Labute approximate surface area is 83.4 Å². The molecule has 0 aliphatic carbocycles. The molecule has 0 spiro atoms. The lowest BCUT2D eigenvalue weighted by molar-refractivity contribution is 0.471. The van der Waals surface area contributed by atoms with Gasteiger partial charge in [-0.1, -0.05) is 12.1 Å². The Bertz CT molecular complexity index is 250. The number of hydrogen-bond acceptors (Lipinski definition) is 1. The molecule has 1 nitrogen and oxygen atoms in total. The van der Waals surface area contributed by atoms with Gasteiger partial charge in [0.1, 0.15) is 5.75 Å². The van der Waals surface area contributed by atoms with Crippen LogP contribution in [0, 0.1) is 3.57 Å². The van der Waals surface area contributed by atoms with Crippen molar-refractivity contribution in [2.75, 3.05) is 0 Å². The highest BCUT2D eigenvalue weighted by molar-refractivity contribution is 14.1. The van der Waals surface area contributed by atoms with Crippen LogP contribution >= 0.6 is 22.6 Å². The molecular weight excluding hydrogens is 267 g/mol. The van der Waals surface area contributed by atoms with Gasteiger partial charge in [0.25, 0.3) is 0 Å². The summed E-state index contributed by atoms with van der Waals surface area (Å²) >= 11 is 2.15. The Morgan fingerprint density at radius 3 is 2.73 bits per heavy atom. The Hall–Kier alpha value is -0.0331. The number of benzene rings is 1. The van der Waals surface area contributed by atoms with Crippen molar-refractivity contribution in [2.24, 2.45) is 0 Å². The molecule has 0 aliphatic heterocycles. The molecule has 11 heavy (non-hydrogen) atoms. The highest BCUT2D eigenvalue weighted by atomic mass is 127. The maximum Gasteiger partial charge on any atom is 0.128 e. The van der Waals surface area contributed by atoms with E-state index in [1.54, 1.807) is 6.07 Å². The van der Waals surface area contributed by atoms with Gasteiger partial charge >= 0.3 is 0 Å². The first kappa shape index (κ1) is 9.06. The van der Waals surface area contributed by atoms with Crippen LogP contribution in [0.25, 0.3) is 0 Å². The molecule has 0 saturated heterocycles. The Balaban J connectivity index is 2.86. The lowest BCUT2D eigenvalue weighted by atomic mass is 10.2. The van der Waals surface area contributed by atoms with Crippen molar-refractivity contribution in [2.45, 2.75) is 12.5 Å². The second-order valence-electron chi connectivity index (χ2n) is 2.54. The Morgan fingerprint density at radius 1 is 1.45 bits per heavy atom. The van der Waals surface area contributed by atoms with E-state index in [1.807, 2.05) is 12.1 Å². The number of phenols is 1. The molecule has 3 heteroatoms. The molecule has 1 rings (SSSR count). The molecule has 0 amide bonds. The van der Waals surface area contributed by atoms with Crippen LogP contribution in [0.4, 0.5) is 0 Å². The van der Waals surface area contributed by atoms with Crippen LogP contribution in [-0.2, 0) is 6.42 Å². The van der Waals surface area contributed by atoms with Crippen LogP contribution in [0.5, 0.6) is 5.75 Å². The predicted molar refractivity (Wildman–Crippen MR) is 59.3 cm³/mol. The summed E-state index contributed by atoms with van der Waals surface area (Å²) in [6.45, 7) is 0. The summed E-state index contributed by atoms with van der Waals surface area (Å²) < 4.78 is 0.954. The van der Waals surface area contributed by atoms with E-state index < -0.39 is 0 Å². The lowest BCUT2D eigenvalue weighted by Gasteiger charge is -2.00. The van der Waals surface area contributed by atoms with E-state index in [0.717, 1.165) is 9.99 Å². The van der Waals surface area contributed by atoms with E-state index in [-0.39, 0.29) is 0 Å². The van der Waals surface area contributed by atoms with Crippen molar-refractivity contribution in [1.29, 1.82) is 0 Å². The van der Waals surface area contributed by atoms with Crippen LogP contribution in [-0.4, -0.2) is 15.3 Å². The van der Waals surface area contributed by atoms with Crippen molar-refractivity contribution in [3.05, 3.63) is 27.3 Å². The first-order valence-electron chi connectivity index (χ1n) is 3.71. The minimum absolute atomic E-state index is 0.391. The molecule has 0 fully saturated rings. The topological polar surface area (TPSA) is 20.2 Å². The third-order valence-corrected chi connectivity index (χ3v) is 2.91. The number of aromatic hydroxyl groups is 1. The summed E-state index contributed by atoms with van der Waals surface area (Å²) in [5.74, 6) is 0.391. The number of hydrogen-bond donors (Lipinski definition) is 1. The quantitative estimate of drug-likeness (QED) is 0.639. The van der Waals surface area contributed by atoms with Gasteiger partial charge in [-0.15, -0.1) is 0 Å². The van der Waals surface area contributed by atoms with E-state index in [9.17, 15) is 5.11 Å². The summed E-state index contributed by atoms with van der Waals surface area (Å²) in [5.41, 5.74) is 1.34. The van der Waals surface area contributed by atoms with Crippen molar-refractivity contribution in [3.63, 3.8) is 0 Å². The number of rotatable bonds is 2. The van der Waals surface area contributed by atoms with Crippen molar-refractivity contribution in [3.8, 4) is 5.75 Å². The molecule has 0 bridgehead atoms. The predicted octanol–water partition coefficient (Wildman–Crippen LogP) is 1.32. The summed E-state index contributed by atoms with van der Waals surface area (Å²) in [5, 5.41) is 9.21. The van der Waals surface area contributed by atoms with E-state index in [2.05, 4.69) is 22.6 Å². The second-order valence-corrected chi connectivity index (χ2v) is 4.70. The average molecular weight is 278 g/mol. The summed E-state index contributed by atoms with van der Waals surface area (Å²) in [7, 11) is 1.25.